The Morgan fingerprint density at radius 1 is 1.26 bits per heavy atom. The number of hydrogen-bond acceptors (Lipinski definition) is 7. The van der Waals surface area contributed by atoms with Gasteiger partial charge in [-0.25, -0.2) is 0 Å². The molecular weight excluding hydrogens is 362 g/mol. The van der Waals surface area contributed by atoms with Crippen molar-refractivity contribution in [3.63, 3.8) is 0 Å². The molecule has 0 fully saturated rings. The molecule has 140 valence electrons. The Labute approximate surface area is 161 Å². The summed E-state index contributed by atoms with van der Waals surface area (Å²) in [5.74, 6) is 0.430. The maximum absolute atomic E-state index is 11.5. The molecule has 0 radical (unpaired) electrons. The molecular formula is C19H21N5O2S. The van der Waals surface area contributed by atoms with Gasteiger partial charge in [-0.15, -0.1) is 0 Å². The van der Waals surface area contributed by atoms with Crippen LogP contribution < -0.4 is 15.6 Å². The Morgan fingerprint density at radius 2 is 2.07 bits per heavy atom. The molecule has 0 aliphatic carbocycles. The van der Waals surface area contributed by atoms with Crippen molar-refractivity contribution in [1.82, 2.24) is 14.8 Å². The smallest absolute Gasteiger partial charge is 0.155 e. The zero-order chi connectivity index (χ0) is 19.4. The van der Waals surface area contributed by atoms with E-state index < -0.39 is 0 Å². The van der Waals surface area contributed by atoms with Crippen molar-refractivity contribution in [2.75, 3.05) is 5.73 Å². The molecule has 0 saturated carbocycles. The molecule has 7 nitrogen and oxygen atoms in total. The molecule has 0 saturated heterocycles. The van der Waals surface area contributed by atoms with Crippen molar-refractivity contribution in [2.45, 2.75) is 31.4 Å². The van der Waals surface area contributed by atoms with Gasteiger partial charge in [-0.1, -0.05) is 6.07 Å². The fourth-order valence-corrected chi connectivity index (χ4v) is 3.30. The second-order valence-electron chi connectivity index (χ2n) is 6.19. The van der Waals surface area contributed by atoms with Gasteiger partial charge in [0.1, 0.15) is 12.4 Å². The van der Waals surface area contributed by atoms with Gasteiger partial charge in [-0.05, 0) is 50.1 Å². The zero-order valence-electron chi connectivity index (χ0n) is 15.1. The maximum Gasteiger partial charge on any atom is 0.155 e. The monoisotopic (exact) mass is 383 g/mol. The Kier molecular flexibility index (Phi) is 5.78. The molecule has 3 aromatic rings. The van der Waals surface area contributed by atoms with E-state index in [9.17, 15) is 4.79 Å². The lowest BCUT2D eigenvalue weighted by Crippen LogP contribution is -2.08. The van der Waals surface area contributed by atoms with Gasteiger partial charge in [0.15, 0.2) is 6.29 Å². The van der Waals surface area contributed by atoms with Crippen LogP contribution in [0.4, 0.5) is 5.69 Å². The lowest BCUT2D eigenvalue weighted by Gasteiger charge is -2.15. The topological polar surface area (TPSA) is 109 Å². The van der Waals surface area contributed by atoms with E-state index in [1.54, 1.807) is 24.5 Å². The van der Waals surface area contributed by atoms with Crippen LogP contribution in [-0.2, 0) is 6.61 Å². The van der Waals surface area contributed by atoms with Crippen LogP contribution in [0.25, 0.3) is 11.4 Å². The summed E-state index contributed by atoms with van der Waals surface area (Å²) in [6, 6.07) is 9.27. The molecule has 0 bridgehead atoms. The molecule has 8 heteroatoms. The summed E-state index contributed by atoms with van der Waals surface area (Å²) in [6.07, 6.45) is 4.20. The molecule has 2 heterocycles. The van der Waals surface area contributed by atoms with Gasteiger partial charge in [0.05, 0.1) is 21.8 Å². The van der Waals surface area contributed by atoms with Crippen molar-refractivity contribution < 1.29 is 9.53 Å². The van der Waals surface area contributed by atoms with Gasteiger partial charge >= 0.3 is 0 Å². The van der Waals surface area contributed by atoms with E-state index in [0.717, 1.165) is 28.9 Å². The molecule has 0 atom stereocenters. The number of aromatic nitrogens is 3. The van der Waals surface area contributed by atoms with Crippen LogP contribution in [0.1, 0.15) is 35.8 Å². The number of nitrogens with zero attached hydrogens (tertiary/aromatic N) is 3. The van der Waals surface area contributed by atoms with Gasteiger partial charge in [-0.2, -0.15) is 5.10 Å². The number of carbonyl (C=O) groups is 1. The van der Waals surface area contributed by atoms with Crippen molar-refractivity contribution in [3.8, 4) is 17.1 Å². The van der Waals surface area contributed by atoms with E-state index in [4.69, 9.17) is 15.6 Å². The lowest BCUT2D eigenvalue weighted by molar-refractivity contribution is 0.111. The van der Waals surface area contributed by atoms with Gasteiger partial charge in [0, 0.05) is 29.7 Å². The summed E-state index contributed by atoms with van der Waals surface area (Å²) >= 11 is 0.929. The number of aldehydes is 1. The standard InChI is InChI=1S/C19H21N5O2S/c1-12(2)24-16(7-9-23-24)18-13(4-3-8-22-18)11-26-17-6-5-15(20)19(27-21)14(17)10-25/h3-10,12H,11,20-21H2,1-2H3. The van der Waals surface area contributed by atoms with E-state index in [0.29, 0.717) is 28.2 Å². The predicted molar refractivity (Wildman–Crippen MR) is 106 cm³/mol. The molecule has 0 aliphatic heterocycles. The van der Waals surface area contributed by atoms with Crippen LogP contribution in [-0.4, -0.2) is 21.1 Å². The number of carbonyl (C=O) groups excluding carboxylic acids is 1. The van der Waals surface area contributed by atoms with E-state index in [1.165, 1.54) is 0 Å². The highest BCUT2D eigenvalue weighted by Crippen LogP contribution is 2.32. The Balaban J connectivity index is 1.93. The van der Waals surface area contributed by atoms with Gasteiger partial charge < -0.3 is 10.5 Å². The van der Waals surface area contributed by atoms with E-state index in [1.807, 2.05) is 22.9 Å². The van der Waals surface area contributed by atoms with Crippen LogP contribution >= 0.6 is 11.9 Å². The summed E-state index contributed by atoms with van der Waals surface area (Å²) in [5, 5.41) is 10.0. The first-order valence-electron chi connectivity index (χ1n) is 8.41. The fourth-order valence-electron chi connectivity index (χ4n) is 2.82. The molecule has 0 aliphatic rings. The van der Waals surface area contributed by atoms with Crippen LogP contribution in [0.2, 0.25) is 0 Å². The normalized spacial score (nSPS) is 11.0. The number of nitrogen functional groups attached to an aromatic ring is 1. The molecule has 4 N–H and O–H groups in total. The number of rotatable bonds is 7. The summed E-state index contributed by atoms with van der Waals surface area (Å²) in [7, 11) is 0. The third kappa shape index (κ3) is 3.81. The highest BCUT2D eigenvalue weighted by atomic mass is 32.2. The number of anilines is 1. The fraction of sp³-hybridized carbons (Fsp3) is 0.211. The van der Waals surface area contributed by atoms with Gasteiger partial charge in [0.2, 0.25) is 0 Å². The molecule has 0 amide bonds. The van der Waals surface area contributed by atoms with Crippen molar-refractivity contribution in [2.24, 2.45) is 5.14 Å². The van der Waals surface area contributed by atoms with Crippen LogP contribution in [0.5, 0.6) is 5.75 Å². The highest BCUT2D eigenvalue weighted by Gasteiger charge is 2.16. The van der Waals surface area contributed by atoms with Crippen molar-refractivity contribution >= 4 is 23.9 Å². The third-order valence-corrected chi connectivity index (χ3v) is 4.79. The minimum Gasteiger partial charge on any atom is -0.488 e. The summed E-state index contributed by atoms with van der Waals surface area (Å²) < 4.78 is 7.84. The minimum absolute atomic E-state index is 0.202. The van der Waals surface area contributed by atoms with Gasteiger partial charge in [0.25, 0.3) is 0 Å². The molecule has 0 unspecified atom stereocenters. The summed E-state index contributed by atoms with van der Waals surface area (Å²) in [6.45, 7) is 4.37. The number of hydrogen-bond donors (Lipinski definition) is 2. The molecule has 1 aromatic carbocycles. The Bertz CT molecular complexity index is 955. The lowest BCUT2D eigenvalue weighted by atomic mass is 10.1. The first kappa shape index (κ1) is 18.9. The van der Waals surface area contributed by atoms with Crippen LogP contribution in [0, 0.1) is 0 Å². The Hall–Kier alpha value is -2.84. The second-order valence-corrected chi connectivity index (χ2v) is 6.83. The van der Waals surface area contributed by atoms with Crippen LogP contribution in [0.15, 0.2) is 47.6 Å². The van der Waals surface area contributed by atoms with E-state index >= 15 is 0 Å². The first-order chi connectivity index (χ1) is 13.1. The maximum atomic E-state index is 11.5. The second kappa shape index (κ2) is 8.24. The summed E-state index contributed by atoms with van der Waals surface area (Å²) in [4.78, 5) is 16.5. The number of benzene rings is 1. The molecule has 3 rings (SSSR count). The SMILES string of the molecule is CC(C)n1nccc1-c1ncccc1COc1ccc(N)c(SN)c1C=O. The average molecular weight is 383 g/mol. The highest BCUT2D eigenvalue weighted by molar-refractivity contribution is 7.97. The largest absolute Gasteiger partial charge is 0.488 e. The molecule has 0 spiro atoms. The quantitative estimate of drug-likeness (QED) is 0.365. The van der Waals surface area contributed by atoms with Gasteiger partial charge in [-0.3, -0.25) is 19.6 Å². The van der Waals surface area contributed by atoms with E-state index in [-0.39, 0.29) is 12.6 Å². The van der Waals surface area contributed by atoms with Crippen molar-refractivity contribution in [3.05, 3.63) is 53.9 Å². The molecule has 27 heavy (non-hydrogen) atoms. The van der Waals surface area contributed by atoms with Crippen molar-refractivity contribution in [1.29, 1.82) is 0 Å². The van der Waals surface area contributed by atoms with E-state index in [2.05, 4.69) is 23.9 Å². The number of ether oxygens (including phenoxy) is 1. The third-order valence-electron chi connectivity index (χ3n) is 4.10. The molecule has 2 aromatic heterocycles. The Morgan fingerprint density at radius 3 is 2.78 bits per heavy atom. The average Bonchev–Trinajstić information content (AvgIpc) is 3.16. The number of nitrogens with two attached hydrogens (primary N) is 2. The minimum atomic E-state index is 0.202. The number of pyridine rings is 1. The predicted octanol–water partition coefficient (Wildman–Crippen LogP) is 3.47. The van der Waals surface area contributed by atoms with Crippen LogP contribution in [0.3, 0.4) is 0 Å². The summed E-state index contributed by atoms with van der Waals surface area (Å²) in [5.41, 5.74) is 9.26. The zero-order valence-corrected chi connectivity index (χ0v) is 15.9. The first-order valence-corrected chi connectivity index (χ1v) is 9.29.